The third kappa shape index (κ3) is 9.22. The van der Waals surface area contributed by atoms with Gasteiger partial charge in [-0.25, -0.2) is 4.79 Å². The van der Waals surface area contributed by atoms with Gasteiger partial charge < -0.3 is 20.1 Å². The van der Waals surface area contributed by atoms with Crippen molar-refractivity contribution in [2.45, 2.75) is 25.4 Å². The van der Waals surface area contributed by atoms with Gasteiger partial charge in [-0.2, -0.15) is 26.3 Å². The molecule has 0 fully saturated rings. The van der Waals surface area contributed by atoms with Crippen molar-refractivity contribution in [2.75, 3.05) is 18.5 Å². The summed E-state index contributed by atoms with van der Waals surface area (Å²) in [5.74, 6) is -2.85. The molecule has 0 unspecified atom stereocenters. The molecule has 14 heteroatoms. The number of ether oxygens (including phenoxy) is 1. The first-order chi connectivity index (χ1) is 19.1. The van der Waals surface area contributed by atoms with Crippen LogP contribution in [0.4, 0.5) is 32.0 Å². The van der Waals surface area contributed by atoms with Gasteiger partial charge in [0.05, 0.1) is 22.4 Å². The van der Waals surface area contributed by atoms with E-state index in [4.69, 9.17) is 16.3 Å². The number of hydrogen-bond acceptors (Lipinski definition) is 4. The second kappa shape index (κ2) is 13.0. The number of carbonyl (C=O) groups is 3. The van der Waals surface area contributed by atoms with Crippen LogP contribution in [-0.4, -0.2) is 41.0 Å². The van der Waals surface area contributed by atoms with Gasteiger partial charge in [0.2, 0.25) is 11.8 Å². The van der Waals surface area contributed by atoms with Crippen molar-refractivity contribution >= 4 is 35.1 Å². The summed E-state index contributed by atoms with van der Waals surface area (Å²) >= 11 is 5.77. The number of anilines is 1. The SMILES string of the molecule is O=C(COCC(=O)N(Cc1ccc(C(F)(F)F)cc1)Cc1ccc(C(F)(F)F)cc1)Nc1ccc(Cl)cc1C(=O)O. The normalized spacial score (nSPS) is 11.7. The van der Waals surface area contributed by atoms with Crippen LogP contribution in [0.15, 0.2) is 66.7 Å². The summed E-state index contributed by atoms with van der Waals surface area (Å²) in [6.45, 7) is -1.75. The third-order valence-electron chi connectivity index (χ3n) is 5.61. The minimum Gasteiger partial charge on any atom is -0.478 e. The number of amides is 2. The Morgan fingerprint density at radius 1 is 0.780 bits per heavy atom. The molecular weight excluding hydrogens is 582 g/mol. The first kappa shape index (κ1) is 31.4. The number of carboxylic acids is 1. The van der Waals surface area contributed by atoms with Crippen molar-refractivity contribution in [3.63, 3.8) is 0 Å². The number of nitrogens with one attached hydrogen (secondary N) is 1. The van der Waals surface area contributed by atoms with E-state index >= 15 is 0 Å². The zero-order valence-electron chi connectivity index (χ0n) is 20.9. The molecule has 2 amide bonds. The molecule has 3 aromatic carbocycles. The van der Waals surface area contributed by atoms with E-state index in [1.807, 2.05) is 0 Å². The van der Waals surface area contributed by atoms with E-state index in [9.17, 15) is 45.8 Å². The Morgan fingerprint density at radius 2 is 1.27 bits per heavy atom. The van der Waals surface area contributed by atoms with Crippen LogP contribution in [0.25, 0.3) is 0 Å². The largest absolute Gasteiger partial charge is 0.478 e. The topological polar surface area (TPSA) is 95.9 Å². The van der Waals surface area contributed by atoms with Crippen molar-refractivity contribution in [1.29, 1.82) is 0 Å². The monoisotopic (exact) mass is 602 g/mol. The zero-order chi connectivity index (χ0) is 30.4. The summed E-state index contributed by atoms with van der Waals surface area (Å²) in [5, 5.41) is 11.7. The van der Waals surface area contributed by atoms with Gasteiger partial charge in [0.1, 0.15) is 13.2 Å². The quantitative estimate of drug-likeness (QED) is 0.267. The molecule has 0 bridgehead atoms. The maximum Gasteiger partial charge on any atom is 0.416 e. The molecule has 0 aromatic heterocycles. The van der Waals surface area contributed by atoms with Crippen LogP contribution < -0.4 is 5.32 Å². The molecule has 0 atom stereocenters. The molecule has 0 heterocycles. The molecule has 7 nitrogen and oxygen atoms in total. The summed E-state index contributed by atoms with van der Waals surface area (Å²) < 4.78 is 82.6. The summed E-state index contributed by atoms with van der Waals surface area (Å²) in [6, 6.07) is 11.7. The molecule has 0 aliphatic rings. The molecule has 0 saturated carbocycles. The van der Waals surface area contributed by atoms with E-state index < -0.39 is 54.5 Å². The van der Waals surface area contributed by atoms with Crippen LogP contribution in [0.5, 0.6) is 0 Å². The first-order valence-corrected chi connectivity index (χ1v) is 12.0. The minimum absolute atomic E-state index is 0.0620. The van der Waals surface area contributed by atoms with Gasteiger partial charge in [-0.3, -0.25) is 9.59 Å². The highest BCUT2D eigenvalue weighted by Gasteiger charge is 2.31. The fourth-order valence-electron chi connectivity index (χ4n) is 3.58. The average molecular weight is 603 g/mol. The third-order valence-corrected chi connectivity index (χ3v) is 5.84. The van der Waals surface area contributed by atoms with Crippen molar-refractivity contribution in [3.05, 3.63) is 99.6 Å². The maximum absolute atomic E-state index is 12.9. The highest BCUT2D eigenvalue weighted by molar-refractivity contribution is 6.31. The van der Waals surface area contributed by atoms with Crippen LogP contribution in [0.3, 0.4) is 0 Å². The van der Waals surface area contributed by atoms with Gasteiger partial charge in [-0.15, -0.1) is 0 Å². The van der Waals surface area contributed by atoms with E-state index in [1.54, 1.807) is 0 Å². The van der Waals surface area contributed by atoms with Crippen LogP contribution in [0.2, 0.25) is 5.02 Å². The Kier molecular flexibility index (Phi) is 10.00. The molecule has 0 aliphatic carbocycles. The van der Waals surface area contributed by atoms with Gasteiger partial charge in [0, 0.05) is 18.1 Å². The standard InChI is InChI=1S/C27H21ClF6N2O5/c28-20-9-10-22(21(11-20)25(39)40)35-23(37)14-41-15-24(38)36(12-16-1-5-18(6-2-16)26(29,30)31)13-17-3-7-19(8-4-17)27(32,33)34/h1-11H,12-15H2,(H,35,37)(H,39,40). The van der Waals surface area contributed by atoms with E-state index in [0.29, 0.717) is 11.1 Å². The number of alkyl halides is 6. The molecule has 41 heavy (non-hydrogen) atoms. The smallest absolute Gasteiger partial charge is 0.416 e. The molecule has 0 spiro atoms. The van der Waals surface area contributed by atoms with Crippen LogP contribution >= 0.6 is 11.6 Å². The first-order valence-electron chi connectivity index (χ1n) is 11.6. The Morgan fingerprint density at radius 3 is 1.71 bits per heavy atom. The number of rotatable bonds is 10. The minimum atomic E-state index is -4.57. The van der Waals surface area contributed by atoms with Crippen molar-refractivity contribution < 1.29 is 50.6 Å². The predicted molar refractivity (Wildman–Crippen MR) is 135 cm³/mol. The fourth-order valence-corrected chi connectivity index (χ4v) is 3.75. The van der Waals surface area contributed by atoms with E-state index in [-0.39, 0.29) is 29.4 Å². The number of benzene rings is 3. The fraction of sp³-hybridized carbons (Fsp3) is 0.222. The number of nitrogens with zero attached hydrogens (tertiary/aromatic N) is 1. The second-order valence-corrected chi connectivity index (χ2v) is 9.11. The Hall–Kier alpha value is -4.10. The maximum atomic E-state index is 12.9. The van der Waals surface area contributed by atoms with Crippen molar-refractivity contribution in [2.24, 2.45) is 0 Å². The zero-order valence-corrected chi connectivity index (χ0v) is 21.6. The van der Waals surface area contributed by atoms with Gasteiger partial charge in [-0.05, 0) is 53.6 Å². The van der Waals surface area contributed by atoms with Crippen LogP contribution in [-0.2, 0) is 39.8 Å². The lowest BCUT2D eigenvalue weighted by Gasteiger charge is -2.23. The van der Waals surface area contributed by atoms with Crippen molar-refractivity contribution in [1.82, 2.24) is 4.90 Å². The average Bonchev–Trinajstić information content (AvgIpc) is 2.88. The Labute approximate surface area is 234 Å². The molecule has 3 rings (SSSR count). The van der Waals surface area contributed by atoms with Gasteiger partial charge in [0.15, 0.2) is 0 Å². The lowest BCUT2D eigenvalue weighted by Crippen LogP contribution is -2.34. The lowest BCUT2D eigenvalue weighted by atomic mass is 10.1. The Bertz CT molecular complexity index is 1330. The molecule has 218 valence electrons. The van der Waals surface area contributed by atoms with Crippen LogP contribution in [0, 0.1) is 0 Å². The second-order valence-electron chi connectivity index (χ2n) is 8.68. The summed E-state index contributed by atoms with van der Waals surface area (Å²) in [6.07, 6.45) is -9.14. The number of hydrogen-bond donors (Lipinski definition) is 2. The molecule has 0 aliphatic heterocycles. The summed E-state index contributed by atoms with van der Waals surface area (Å²) in [5.41, 5.74) is -1.53. The number of halogens is 7. The lowest BCUT2D eigenvalue weighted by molar-refractivity contribution is -0.139. The highest BCUT2D eigenvalue weighted by Crippen LogP contribution is 2.30. The molecule has 0 saturated heterocycles. The van der Waals surface area contributed by atoms with E-state index in [2.05, 4.69) is 5.32 Å². The summed E-state index contributed by atoms with van der Waals surface area (Å²) in [7, 11) is 0. The summed E-state index contributed by atoms with van der Waals surface area (Å²) in [4.78, 5) is 37.7. The molecule has 0 radical (unpaired) electrons. The highest BCUT2D eigenvalue weighted by atomic mass is 35.5. The van der Waals surface area contributed by atoms with E-state index in [0.717, 1.165) is 59.5 Å². The number of carboxylic acid groups (broad SMARTS) is 1. The number of aromatic carboxylic acids is 1. The predicted octanol–water partition coefficient (Wildman–Crippen LogP) is 6.26. The van der Waals surface area contributed by atoms with Gasteiger partial charge >= 0.3 is 18.3 Å². The van der Waals surface area contributed by atoms with Gasteiger partial charge in [0.25, 0.3) is 0 Å². The molecule has 2 N–H and O–H groups in total. The van der Waals surface area contributed by atoms with E-state index in [1.165, 1.54) is 12.1 Å². The molecular formula is C27H21ClF6N2O5. The number of carbonyl (C=O) groups excluding carboxylic acids is 2. The Balaban J connectivity index is 1.69. The van der Waals surface area contributed by atoms with Crippen LogP contribution in [0.1, 0.15) is 32.6 Å². The molecule has 3 aromatic rings. The van der Waals surface area contributed by atoms with Crippen molar-refractivity contribution in [3.8, 4) is 0 Å². The van der Waals surface area contributed by atoms with Gasteiger partial charge in [-0.1, -0.05) is 35.9 Å².